The van der Waals surface area contributed by atoms with Crippen LogP contribution in [0, 0.1) is 5.92 Å². The second-order valence-electron chi connectivity index (χ2n) is 8.43. The van der Waals surface area contributed by atoms with Crippen LogP contribution in [0.5, 0.6) is 0 Å². The Balaban J connectivity index is 1.28. The van der Waals surface area contributed by atoms with E-state index in [-0.39, 0.29) is 23.8 Å². The highest BCUT2D eigenvalue weighted by molar-refractivity contribution is 6.31. The molecule has 0 bridgehead atoms. The number of hydrogen-bond acceptors (Lipinski definition) is 3. The van der Waals surface area contributed by atoms with Gasteiger partial charge < -0.3 is 10.2 Å². The summed E-state index contributed by atoms with van der Waals surface area (Å²) >= 11 is 6.22. The van der Waals surface area contributed by atoms with Gasteiger partial charge in [0.15, 0.2) is 0 Å². The van der Waals surface area contributed by atoms with E-state index < -0.39 is 0 Å². The summed E-state index contributed by atoms with van der Waals surface area (Å²) in [5, 5.41) is 8.24. The largest absolute Gasteiger partial charge is 0.353 e. The second kappa shape index (κ2) is 9.65. The number of amides is 2. The fourth-order valence-electron chi connectivity index (χ4n) is 4.45. The van der Waals surface area contributed by atoms with Crippen molar-refractivity contribution in [2.75, 3.05) is 13.1 Å². The summed E-state index contributed by atoms with van der Waals surface area (Å²) in [4.78, 5) is 27.2. The third-order valence-corrected chi connectivity index (χ3v) is 6.64. The van der Waals surface area contributed by atoms with Crippen LogP contribution in [0.1, 0.15) is 60.9 Å². The van der Waals surface area contributed by atoms with E-state index in [0.29, 0.717) is 30.2 Å². The maximum absolute atomic E-state index is 12.9. The summed E-state index contributed by atoms with van der Waals surface area (Å²) in [7, 11) is 0. The minimum atomic E-state index is -0.00235. The van der Waals surface area contributed by atoms with Crippen molar-refractivity contribution in [3.8, 4) is 0 Å². The third kappa shape index (κ3) is 5.04. The van der Waals surface area contributed by atoms with E-state index in [9.17, 15) is 9.59 Å². The van der Waals surface area contributed by atoms with E-state index in [1.165, 1.54) is 6.42 Å². The molecule has 1 aliphatic carbocycles. The molecule has 1 N–H and O–H groups in total. The third-order valence-electron chi connectivity index (χ3n) is 6.27. The van der Waals surface area contributed by atoms with Gasteiger partial charge in [-0.1, -0.05) is 49.1 Å². The molecule has 7 heteroatoms. The van der Waals surface area contributed by atoms with Crippen molar-refractivity contribution in [2.24, 2.45) is 5.92 Å². The van der Waals surface area contributed by atoms with Gasteiger partial charge in [-0.25, -0.2) is 0 Å². The van der Waals surface area contributed by atoms with Crippen molar-refractivity contribution in [2.45, 2.75) is 57.5 Å². The van der Waals surface area contributed by atoms with Crippen molar-refractivity contribution in [1.82, 2.24) is 20.0 Å². The van der Waals surface area contributed by atoms with Crippen molar-refractivity contribution in [1.29, 1.82) is 0 Å². The van der Waals surface area contributed by atoms with Crippen molar-refractivity contribution in [3.63, 3.8) is 0 Å². The summed E-state index contributed by atoms with van der Waals surface area (Å²) in [6, 6.07) is 7.81. The molecule has 160 valence electrons. The van der Waals surface area contributed by atoms with Crippen LogP contribution in [0.25, 0.3) is 0 Å². The van der Waals surface area contributed by atoms with Crippen molar-refractivity contribution >= 4 is 23.4 Å². The molecule has 0 radical (unpaired) electrons. The molecule has 2 amide bonds. The molecule has 0 unspecified atom stereocenters. The Hall–Kier alpha value is -2.34. The zero-order valence-corrected chi connectivity index (χ0v) is 18.0. The number of piperidine rings is 1. The van der Waals surface area contributed by atoms with E-state index in [4.69, 9.17) is 11.6 Å². The maximum atomic E-state index is 12.9. The van der Waals surface area contributed by atoms with Gasteiger partial charge in [0.1, 0.15) is 0 Å². The monoisotopic (exact) mass is 428 g/mol. The average molecular weight is 429 g/mol. The fourth-order valence-corrected chi connectivity index (χ4v) is 4.65. The first kappa shape index (κ1) is 20.9. The second-order valence-corrected chi connectivity index (χ2v) is 8.84. The Morgan fingerprint density at radius 3 is 2.53 bits per heavy atom. The van der Waals surface area contributed by atoms with Gasteiger partial charge in [-0.3, -0.25) is 14.3 Å². The lowest BCUT2D eigenvalue weighted by molar-refractivity contribution is -0.126. The SMILES string of the molecule is O=C(NC1CCN(C(=O)c2cnn(Cc3ccccc3Cl)c2)CC1)C1CCCCC1. The molecule has 4 rings (SSSR count). The molecular formula is C23H29ClN4O2. The van der Waals surface area contributed by atoms with E-state index in [2.05, 4.69) is 10.4 Å². The summed E-state index contributed by atoms with van der Waals surface area (Å²) in [6.07, 6.45) is 10.6. The lowest BCUT2D eigenvalue weighted by Gasteiger charge is -2.33. The zero-order chi connectivity index (χ0) is 20.9. The van der Waals surface area contributed by atoms with Crippen LogP contribution in [-0.4, -0.2) is 45.6 Å². The molecule has 1 saturated carbocycles. The van der Waals surface area contributed by atoms with Gasteiger partial charge in [-0.2, -0.15) is 5.10 Å². The number of carbonyl (C=O) groups excluding carboxylic acids is 2. The molecule has 30 heavy (non-hydrogen) atoms. The number of nitrogens with zero attached hydrogens (tertiary/aromatic N) is 3. The molecule has 2 fully saturated rings. The predicted molar refractivity (Wildman–Crippen MR) is 116 cm³/mol. The topological polar surface area (TPSA) is 67.2 Å². The molecule has 6 nitrogen and oxygen atoms in total. The molecule has 0 spiro atoms. The molecule has 2 aliphatic rings. The van der Waals surface area contributed by atoms with Crippen LogP contribution in [0.15, 0.2) is 36.7 Å². The average Bonchev–Trinajstić information content (AvgIpc) is 3.24. The molecular weight excluding hydrogens is 400 g/mol. The van der Waals surface area contributed by atoms with Crippen LogP contribution >= 0.6 is 11.6 Å². The Kier molecular flexibility index (Phi) is 6.72. The van der Waals surface area contributed by atoms with Crippen LogP contribution < -0.4 is 5.32 Å². The van der Waals surface area contributed by atoms with E-state index in [1.807, 2.05) is 29.2 Å². The zero-order valence-electron chi connectivity index (χ0n) is 17.2. The molecule has 2 aromatic rings. The number of rotatable bonds is 5. The molecule has 1 aromatic heterocycles. The van der Waals surface area contributed by atoms with E-state index in [0.717, 1.165) is 44.1 Å². The number of benzene rings is 1. The molecule has 2 heterocycles. The van der Waals surface area contributed by atoms with Crippen LogP contribution in [0.4, 0.5) is 0 Å². The smallest absolute Gasteiger partial charge is 0.257 e. The Bertz CT molecular complexity index is 883. The minimum Gasteiger partial charge on any atom is -0.353 e. The van der Waals surface area contributed by atoms with Gasteiger partial charge in [-0.15, -0.1) is 0 Å². The summed E-state index contributed by atoms with van der Waals surface area (Å²) < 4.78 is 1.74. The highest BCUT2D eigenvalue weighted by Gasteiger charge is 2.28. The van der Waals surface area contributed by atoms with Gasteiger partial charge >= 0.3 is 0 Å². The summed E-state index contributed by atoms with van der Waals surface area (Å²) in [5.41, 5.74) is 1.56. The fraction of sp³-hybridized carbons (Fsp3) is 0.522. The highest BCUT2D eigenvalue weighted by Crippen LogP contribution is 2.24. The first-order valence-corrected chi connectivity index (χ1v) is 11.3. The molecule has 1 aliphatic heterocycles. The van der Waals surface area contributed by atoms with Gasteiger partial charge in [0.25, 0.3) is 5.91 Å². The van der Waals surface area contributed by atoms with Gasteiger partial charge in [0.05, 0.1) is 18.3 Å². The van der Waals surface area contributed by atoms with E-state index >= 15 is 0 Å². The Labute approximate surface area is 182 Å². The minimum absolute atomic E-state index is 0.00235. The lowest BCUT2D eigenvalue weighted by Crippen LogP contribution is -2.48. The summed E-state index contributed by atoms with van der Waals surface area (Å²) in [5.74, 6) is 0.389. The van der Waals surface area contributed by atoms with Crippen molar-refractivity contribution in [3.05, 3.63) is 52.8 Å². The normalized spacial score (nSPS) is 18.4. The quantitative estimate of drug-likeness (QED) is 0.785. The number of hydrogen-bond donors (Lipinski definition) is 1. The van der Waals surface area contributed by atoms with E-state index in [1.54, 1.807) is 17.1 Å². The van der Waals surface area contributed by atoms with Gasteiger partial charge in [-0.05, 0) is 37.3 Å². The molecule has 1 saturated heterocycles. The van der Waals surface area contributed by atoms with Gasteiger partial charge in [0.2, 0.25) is 5.91 Å². The Morgan fingerprint density at radius 1 is 1.07 bits per heavy atom. The van der Waals surface area contributed by atoms with Crippen molar-refractivity contribution < 1.29 is 9.59 Å². The number of halogens is 1. The Morgan fingerprint density at radius 2 is 1.80 bits per heavy atom. The number of nitrogens with one attached hydrogen (secondary N) is 1. The first-order chi connectivity index (χ1) is 14.6. The lowest BCUT2D eigenvalue weighted by atomic mass is 9.88. The number of likely N-dealkylation sites (tertiary alicyclic amines) is 1. The van der Waals surface area contributed by atoms with Crippen LogP contribution in [-0.2, 0) is 11.3 Å². The molecule has 0 atom stereocenters. The molecule has 1 aromatic carbocycles. The van der Waals surface area contributed by atoms with Crippen LogP contribution in [0.2, 0.25) is 5.02 Å². The highest BCUT2D eigenvalue weighted by atomic mass is 35.5. The maximum Gasteiger partial charge on any atom is 0.257 e. The van der Waals surface area contributed by atoms with Crippen LogP contribution in [0.3, 0.4) is 0 Å². The number of aromatic nitrogens is 2. The number of carbonyl (C=O) groups is 2. The first-order valence-electron chi connectivity index (χ1n) is 11.0. The van der Waals surface area contributed by atoms with Gasteiger partial charge in [0, 0.05) is 36.3 Å². The predicted octanol–water partition coefficient (Wildman–Crippen LogP) is 3.89. The standard InChI is InChI=1S/C23H29ClN4O2/c24-21-9-5-4-8-18(21)15-28-16-19(14-25-28)23(30)27-12-10-20(11-13-27)26-22(29)17-6-2-1-3-7-17/h4-5,8-9,14,16-17,20H,1-3,6-7,10-13,15H2,(H,26,29). The summed E-state index contributed by atoms with van der Waals surface area (Å²) in [6.45, 7) is 1.84.